The third kappa shape index (κ3) is 5.80. The van der Waals surface area contributed by atoms with Gasteiger partial charge in [-0.3, -0.25) is 9.78 Å². The van der Waals surface area contributed by atoms with Gasteiger partial charge in [-0.05, 0) is 49.4 Å². The number of benzene rings is 2. The number of aryl methyl sites for hydroxylation is 1. The smallest absolute Gasteiger partial charge is 0.333 e. The molecule has 0 aliphatic rings. The zero-order chi connectivity index (χ0) is 22.4. The Labute approximate surface area is 179 Å². The van der Waals surface area contributed by atoms with Crippen molar-refractivity contribution in [2.45, 2.75) is 11.8 Å². The summed E-state index contributed by atoms with van der Waals surface area (Å²) in [5.74, 6) is 0.528. The van der Waals surface area contributed by atoms with Crippen LogP contribution in [0, 0.1) is 6.92 Å². The van der Waals surface area contributed by atoms with Crippen LogP contribution >= 0.6 is 0 Å². The van der Waals surface area contributed by atoms with Gasteiger partial charge in [-0.2, -0.15) is 0 Å². The number of hydrogen-bond donors (Lipinski definition) is 3. The first-order chi connectivity index (χ1) is 14.8. The van der Waals surface area contributed by atoms with Gasteiger partial charge in [0.1, 0.15) is 17.2 Å². The van der Waals surface area contributed by atoms with Crippen molar-refractivity contribution in [1.82, 2.24) is 15.0 Å². The molecule has 2 aromatic carbocycles. The van der Waals surface area contributed by atoms with Gasteiger partial charge >= 0.3 is 6.03 Å². The van der Waals surface area contributed by atoms with Crippen molar-refractivity contribution in [3.63, 3.8) is 0 Å². The topological polar surface area (TPSA) is 126 Å². The van der Waals surface area contributed by atoms with E-state index >= 15 is 0 Å². The number of anilines is 1. The monoisotopic (exact) mass is 440 g/mol. The number of rotatable bonds is 6. The van der Waals surface area contributed by atoms with Gasteiger partial charge in [0.05, 0.1) is 4.90 Å². The van der Waals surface area contributed by atoms with Crippen molar-refractivity contribution in [1.29, 1.82) is 0 Å². The van der Waals surface area contributed by atoms with E-state index in [-0.39, 0.29) is 16.5 Å². The molecular formula is C21H20N4O5S. The number of aromatic nitrogens is 1. The summed E-state index contributed by atoms with van der Waals surface area (Å²) in [7, 11) is -2.48. The van der Waals surface area contributed by atoms with Crippen LogP contribution in [0.5, 0.6) is 11.5 Å². The highest BCUT2D eigenvalue weighted by atomic mass is 32.2. The van der Waals surface area contributed by atoms with Gasteiger partial charge in [0, 0.05) is 25.0 Å². The second-order valence-electron chi connectivity index (χ2n) is 6.46. The Morgan fingerprint density at radius 2 is 1.61 bits per heavy atom. The van der Waals surface area contributed by atoms with E-state index in [0.717, 1.165) is 5.56 Å². The Morgan fingerprint density at radius 3 is 2.26 bits per heavy atom. The highest BCUT2D eigenvalue weighted by Crippen LogP contribution is 2.23. The number of carbonyl (C=O) groups is 2. The van der Waals surface area contributed by atoms with Gasteiger partial charge < -0.3 is 15.4 Å². The molecule has 0 saturated carbocycles. The van der Waals surface area contributed by atoms with Crippen LogP contribution in [-0.2, 0) is 10.0 Å². The second kappa shape index (κ2) is 9.26. The molecular weight excluding hydrogens is 420 g/mol. The minimum atomic E-state index is -3.98. The lowest BCUT2D eigenvalue weighted by atomic mass is 10.2. The molecule has 0 atom stereocenters. The molecule has 160 valence electrons. The predicted molar refractivity (Wildman–Crippen MR) is 115 cm³/mol. The lowest BCUT2D eigenvalue weighted by Gasteiger charge is -2.10. The highest BCUT2D eigenvalue weighted by molar-refractivity contribution is 7.90. The van der Waals surface area contributed by atoms with E-state index in [4.69, 9.17) is 4.74 Å². The maximum atomic E-state index is 12.3. The number of carbonyl (C=O) groups excluding carboxylic acids is 2. The molecule has 10 heteroatoms. The van der Waals surface area contributed by atoms with E-state index in [2.05, 4.69) is 15.6 Å². The molecule has 3 N–H and O–H groups in total. The summed E-state index contributed by atoms with van der Waals surface area (Å²) in [4.78, 5) is 27.7. The molecule has 0 aliphatic heterocycles. The van der Waals surface area contributed by atoms with Gasteiger partial charge in [-0.15, -0.1) is 0 Å². The van der Waals surface area contributed by atoms with E-state index in [0.29, 0.717) is 17.2 Å². The van der Waals surface area contributed by atoms with Crippen molar-refractivity contribution in [2.24, 2.45) is 0 Å². The maximum absolute atomic E-state index is 12.3. The third-order valence-electron chi connectivity index (χ3n) is 4.10. The highest BCUT2D eigenvalue weighted by Gasteiger charge is 2.17. The van der Waals surface area contributed by atoms with E-state index < -0.39 is 16.1 Å². The molecule has 9 nitrogen and oxygen atoms in total. The van der Waals surface area contributed by atoms with Crippen molar-refractivity contribution in [3.05, 3.63) is 78.1 Å². The number of ether oxygens (including phenoxy) is 1. The molecule has 3 aromatic rings. The van der Waals surface area contributed by atoms with Crippen LogP contribution in [-0.4, -0.2) is 32.4 Å². The number of nitrogens with zero attached hydrogens (tertiary/aromatic N) is 1. The molecule has 0 spiro atoms. The van der Waals surface area contributed by atoms with Crippen LogP contribution in [0.1, 0.15) is 16.1 Å². The Hall–Kier alpha value is -3.92. The lowest BCUT2D eigenvalue weighted by molar-refractivity contribution is 0.0957. The first kappa shape index (κ1) is 21.8. The van der Waals surface area contributed by atoms with Crippen molar-refractivity contribution in [3.8, 4) is 11.5 Å². The predicted octanol–water partition coefficient (Wildman–Crippen LogP) is 3.05. The lowest BCUT2D eigenvalue weighted by Crippen LogP contribution is -2.34. The first-order valence-corrected chi connectivity index (χ1v) is 10.6. The fourth-order valence-electron chi connectivity index (χ4n) is 2.52. The molecule has 0 unspecified atom stereocenters. The second-order valence-corrected chi connectivity index (χ2v) is 8.14. The fourth-order valence-corrected chi connectivity index (χ4v) is 3.43. The largest absolute Gasteiger partial charge is 0.457 e. The minimum Gasteiger partial charge on any atom is -0.457 e. The fraction of sp³-hybridized carbons (Fsp3) is 0.0952. The van der Waals surface area contributed by atoms with Gasteiger partial charge in [0.25, 0.3) is 15.9 Å². The van der Waals surface area contributed by atoms with Gasteiger partial charge in [0.2, 0.25) is 0 Å². The SMILES string of the molecule is CNC(=O)c1cc(Oc2ccc(NC(=O)NS(=O)(=O)c3ccc(C)cc3)cc2)ccn1. The van der Waals surface area contributed by atoms with Gasteiger partial charge in [-0.1, -0.05) is 17.7 Å². The van der Waals surface area contributed by atoms with Crippen LogP contribution in [0.3, 0.4) is 0 Å². The summed E-state index contributed by atoms with van der Waals surface area (Å²) in [5, 5.41) is 4.94. The molecule has 0 bridgehead atoms. The zero-order valence-electron chi connectivity index (χ0n) is 16.7. The number of sulfonamides is 1. The van der Waals surface area contributed by atoms with Crippen LogP contribution in [0.15, 0.2) is 71.8 Å². The number of pyridine rings is 1. The molecule has 0 radical (unpaired) electrons. The van der Waals surface area contributed by atoms with E-state index in [9.17, 15) is 18.0 Å². The maximum Gasteiger partial charge on any atom is 0.333 e. The molecule has 0 fully saturated rings. The summed E-state index contributed by atoms with van der Waals surface area (Å²) in [6.45, 7) is 1.83. The molecule has 0 saturated heterocycles. The normalized spacial score (nSPS) is 10.8. The number of nitrogens with one attached hydrogen (secondary N) is 3. The third-order valence-corrected chi connectivity index (χ3v) is 5.44. The van der Waals surface area contributed by atoms with Crippen molar-refractivity contribution in [2.75, 3.05) is 12.4 Å². The van der Waals surface area contributed by atoms with Crippen LogP contribution in [0.4, 0.5) is 10.5 Å². The molecule has 1 aromatic heterocycles. The first-order valence-electron chi connectivity index (χ1n) is 9.13. The number of amides is 3. The minimum absolute atomic E-state index is 0.00882. The van der Waals surface area contributed by atoms with E-state index in [1.807, 2.05) is 11.6 Å². The number of urea groups is 1. The molecule has 1 heterocycles. The van der Waals surface area contributed by atoms with Gasteiger partial charge in [0.15, 0.2) is 0 Å². The average molecular weight is 440 g/mol. The Morgan fingerprint density at radius 1 is 0.935 bits per heavy atom. The Balaban J connectivity index is 1.62. The van der Waals surface area contributed by atoms with E-state index in [1.54, 1.807) is 42.5 Å². The summed E-state index contributed by atoms with van der Waals surface area (Å²) in [6.07, 6.45) is 1.45. The van der Waals surface area contributed by atoms with Crippen LogP contribution in [0.25, 0.3) is 0 Å². The quantitative estimate of drug-likeness (QED) is 0.541. The van der Waals surface area contributed by atoms with Crippen LogP contribution in [0.2, 0.25) is 0 Å². The van der Waals surface area contributed by atoms with Crippen molar-refractivity contribution < 1.29 is 22.7 Å². The summed E-state index contributed by atoms with van der Waals surface area (Å²) in [5.41, 5.74) is 1.48. The van der Waals surface area contributed by atoms with E-state index in [1.165, 1.54) is 31.4 Å². The summed E-state index contributed by atoms with van der Waals surface area (Å²) in [6, 6.07) is 14.6. The Bertz CT molecular complexity index is 1190. The molecule has 0 aliphatic carbocycles. The van der Waals surface area contributed by atoms with Crippen molar-refractivity contribution >= 4 is 27.6 Å². The Kier molecular flexibility index (Phi) is 6.51. The standard InChI is InChI=1S/C21H20N4O5S/c1-14-3-9-18(10-4-14)31(28,29)25-21(27)24-15-5-7-16(8-6-15)30-17-11-12-23-19(13-17)20(26)22-2/h3-13H,1-2H3,(H,22,26)(H2,24,25,27). The molecule has 3 amide bonds. The zero-order valence-corrected chi connectivity index (χ0v) is 17.6. The molecule has 31 heavy (non-hydrogen) atoms. The van der Waals surface area contributed by atoms with Gasteiger partial charge in [-0.25, -0.2) is 17.9 Å². The van der Waals surface area contributed by atoms with Crippen LogP contribution < -0.4 is 20.1 Å². The summed E-state index contributed by atoms with van der Waals surface area (Å²) < 4.78 is 32.2. The molecule has 3 rings (SSSR count). The average Bonchev–Trinajstić information content (AvgIpc) is 2.74. The number of hydrogen-bond acceptors (Lipinski definition) is 6. The summed E-state index contributed by atoms with van der Waals surface area (Å²) >= 11 is 0.